The highest BCUT2D eigenvalue weighted by Crippen LogP contribution is 2.53. The van der Waals surface area contributed by atoms with E-state index in [0.717, 1.165) is 29.7 Å². The fraction of sp³-hybridized carbons (Fsp3) is 0.444. The summed E-state index contributed by atoms with van der Waals surface area (Å²) in [6.45, 7) is 1.08. The molecule has 1 aromatic heterocycles. The van der Waals surface area contributed by atoms with Crippen molar-refractivity contribution in [2.75, 3.05) is 20.6 Å². The van der Waals surface area contributed by atoms with E-state index in [1.807, 2.05) is 6.07 Å². The van der Waals surface area contributed by atoms with E-state index in [9.17, 15) is 0 Å². The number of furan rings is 1. The summed E-state index contributed by atoms with van der Waals surface area (Å²) in [7, 11) is 4.32. The van der Waals surface area contributed by atoms with Gasteiger partial charge >= 0.3 is 0 Å². The molecule has 0 amide bonds. The van der Waals surface area contributed by atoms with Gasteiger partial charge in [-0.2, -0.15) is 0 Å². The van der Waals surface area contributed by atoms with Crippen LogP contribution in [0.5, 0.6) is 0 Å². The Morgan fingerprint density at radius 3 is 2.67 bits per heavy atom. The molecule has 2 bridgehead atoms. The van der Waals surface area contributed by atoms with E-state index in [1.54, 1.807) is 5.57 Å². The molecule has 21 heavy (non-hydrogen) atoms. The molecule has 0 radical (unpaired) electrons. The highest BCUT2D eigenvalue weighted by atomic mass is 35.5. The lowest BCUT2D eigenvalue weighted by Gasteiger charge is -2.21. The highest BCUT2D eigenvalue weighted by molar-refractivity contribution is 5.85. The molecular weight excluding hydrogens is 282 g/mol. The number of rotatable bonds is 3. The van der Waals surface area contributed by atoms with E-state index in [0.29, 0.717) is 0 Å². The molecular formula is C18H22ClNO. The molecule has 0 spiro atoms. The Morgan fingerprint density at radius 1 is 1.14 bits per heavy atom. The van der Waals surface area contributed by atoms with Crippen molar-refractivity contribution in [2.24, 2.45) is 11.8 Å². The van der Waals surface area contributed by atoms with Gasteiger partial charge < -0.3 is 9.32 Å². The zero-order chi connectivity index (χ0) is 13.7. The van der Waals surface area contributed by atoms with Crippen LogP contribution in [0, 0.1) is 11.8 Å². The standard InChI is InChI=1S/C18H21NO.ClH/c1-19(2)11-15-12-7-8-14(9-12)18(15)17-10-13-5-3-4-6-16(13)20-17;/h3-6,10,12,14H,7-9,11H2,1-2H3;1H. The molecule has 2 atom stereocenters. The fourth-order valence-electron chi connectivity index (χ4n) is 4.07. The Morgan fingerprint density at radius 2 is 1.90 bits per heavy atom. The summed E-state index contributed by atoms with van der Waals surface area (Å²) in [5, 5.41) is 1.22. The minimum absolute atomic E-state index is 0. The van der Waals surface area contributed by atoms with Crippen molar-refractivity contribution in [2.45, 2.75) is 19.3 Å². The van der Waals surface area contributed by atoms with Gasteiger partial charge in [0.05, 0.1) is 0 Å². The van der Waals surface area contributed by atoms with Gasteiger partial charge in [0.1, 0.15) is 11.3 Å². The first kappa shape index (κ1) is 14.7. The quantitative estimate of drug-likeness (QED) is 0.824. The van der Waals surface area contributed by atoms with E-state index in [2.05, 4.69) is 43.3 Å². The second-order valence-electron chi connectivity index (χ2n) is 6.53. The van der Waals surface area contributed by atoms with Crippen LogP contribution in [0.15, 0.2) is 40.3 Å². The lowest BCUT2D eigenvalue weighted by atomic mass is 9.90. The summed E-state index contributed by atoms with van der Waals surface area (Å²) in [4.78, 5) is 2.29. The second-order valence-corrected chi connectivity index (χ2v) is 6.53. The zero-order valence-corrected chi connectivity index (χ0v) is 13.5. The largest absolute Gasteiger partial charge is 0.456 e. The van der Waals surface area contributed by atoms with E-state index >= 15 is 0 Å². The molecule has 1 saturated carbocycles. The lowest BCUT2D eigenvalue weighted by Crippen LogP contribution is -2.19. The highest BCUT2D eigenvalue weighted by Gasteiger charge is 2.40. The smallest absolute Gasteiger partial charge is 0.134 e. The van der Waals surface area contributed by atoms with Crippen molar-refractivity contribution >= 4 is 28.9 Å². The number of likely N-dealkylation sites (N-methyl/N-ethyl adjacent to an activating group) is 1. The van der Waals surface area contributed by atoms with Gasteiger partial charge in [-0.15, -0.1) is 12.4 Å². The number of benzene rings is 1. The molecule has 112 valence electrons. The number of nitrogens with zero attached hydrogens (tertiary/aromatic N) is 1. The molecule has 2 aliphatic carbocycles. The summed E-state index contributed by atoms with van der Waals surface area (Å²) in [5.74, 6) is 2.65. The molecule has 0 aliphatic heterocycles. The lowest BCUT2D eigenvalue weighted by molar-refractivity contribution is 0.422. The van der Waals surface area contributed by atoms with Gasteiger partial charge in [0.15, 0.2) is 0 Å². The first-order valence-electron chi connectivity index (χ1n) is 7.59. The predicted octanol–water partition coefficient (Wildman–Crippen LogP) is 4.60. The third-order valence-corrected chi connectivity index (χ3v) is 4.86. The summed E-state index contributed by atoms with van der Waals surface area (Å²) in [5.41, 5.74) is 4.17. The summed E-state index contributed by atoms with van der Waals surface area (Å²) < 4.78 is 6.14. The van der Waals surface area contributed by atoms with E-state index < -0.39 is 0 Å². The van der Waals surface area contributed by atoms with Crippen LogP contribution in [0.1, 0.15) is 25.0 Å². The minimum atomic E-state index is 0. The molecule has 1 heterocycles. The van der Waals surface area contributed by atoms with Crippen LogP contribution >= 0.6 is 12.4 Å². The Hall–Kier alpha value is -1.25. The van der Waals surface area contributed by atoms with Gasteiger partial charge in [-0.1, -0.05) is 18.2 Å². The number of hydrogen-bond acceptors (Lipinski definition) is 2. The third-order valence-electron chi connectivity index (χ3n) is 4.86. The average molecular weight is 304 g/mol. The van der Waals surface area contributed by atoms with Crippen LogP contribution < -0.4 is 0 Å². The number of para-hydroxylation sites is 1. The van der Waals surface area contributed by atoms with E-state index in [4.69, 9.17) is 4.42 Å². The minimum Gasteiger partial charge on any atom is -0.456 e. The maximum atomic E-state index is 6.14. The maximum absolute atomic E-state index is 6.14. The van der Waals surface area contributed by atoms with Crippen molar-refractivity contribution in [1.29, 1.82) is 0 Å². The van der Waals surface area contributed by atoms with Crippen LogP contribution in [0.3, 0.4) is 0 Å². The third kappa shape index (κ3) is 2.41. The Kier molecular flexibility index (Phi) is 3.85. The molecule has 2 nitrogen and oxygen atoms in total. The topological polar surface area (TPSA) is 16.4 Å². The molecule has 3 heteroatoms. The Balaban J connectivity index is 0.00000132. The van der Waals surface area contributed by atoms with Crippen molar-refractivity contribution in [3.8, 4) is 0 Å². The van der Waals surface area contributed by atoms with Crippen LogP contribution in [0.2, 0.25) is 0 Å². The van der Waals surface area contributed by atoms with Crippen molar-refractivity contribution in [3.05, 3.63) is 41.7 Å². The first-order valence-corrected chi connectivity index (χ1v) is 7.59. The van der Waals surface area contributed by atoms with Crippen molar-refractivity contribution < 1.29 is 4.42 Å². The van der Waals surface area contributed by atoms with Gasteiger partial charge in [-0.3, -0.25) is 0 Å². The van der Waals surface area contributed by atoms with Crippen LogP contribution in [-0.4, -0.2) is 25.5 Å². The number of halogens is 1. The summed E-state index contributed by atoms with van der Waals surface area (Å²) >= 11 is 0. The van der Waals surface area contributed by atoms with Gasteiger partial charge in [0.25, 0.3) is 0 Å². The number of hydrogen-bond donors (Lipinski definition) is 0. The molecule has 2 unspecified atom stereocenters. The number of allylic oxidation sites excluding steroid dienone is 1. The Bertz CT molecular complexity index is 652. The van der Waals surface area contributed by atoms with Gasteiger partial charge in [0.2, 0.25) is 0 Å². The first-order chi connectivity index (χ1) is 9.72. The van der Waals surface area contributed by atoms with Crippen molar-refractivity contribution in [3.63, 3.8) is 0 Å². The molecule has 0 saturated heterocycles. The van der Waals surface area contributed by atoms with Crippen LogP contribution in [0.4, 0.5) is 0 Å². The zero-order valence-electron chi connectivity index (χ0n) is 12.6. The van der Waals surface area contributed by atoms with Gasteiger partial charge in [-0.25, -0.2) is 0 Å². The summed E-state index contributed by atoms with van der Waals surface area (Å²) in [6.07, 6.45) is 4.06. The maximum Gasteiger partial charge on any atom is 0.134 e. The molecule has 1 aromatic carbocycles. The predicted molar refractivity (Wildman–Crippen MR) is 89.8 cm³/mol. The monoisotopic (exact) mass is 303 g/mol. The van der Waals surface area contributed by atoms with E-state index in [-0.39, 0.29) is 12.4 Å². The molecule has 2 aromatic rings. The molecule has 0 N–H and O–H groups in total. The Labute approximate surface area is 132 Å². The molecule has 2 aliphatic rings. The number of fused-ring (bicyclic) bond motifs is 3. The van der Waals surface area contributed by atoms with E-state index in [1.165, 1.54) is 30.2 Å². The molecule has 1 fully saturated rings. The second kappa shape index (κ2) is 5.51. The van der Waals surface area contributed by atoms with Gasteiger partial charge in [-0.05, 0) is 68.5 Å². The summed E-state index contributed by atoms with van der Waals surface area (Å²) in [6, 6.07) is 10.6. The SMILES string of the molecule is CN(C)CC1=C(c2cc3ccccc3o2)C2CCC1C2.Cl. The molecule has 4 rings (SSSR count). The normalized spacial score (nSPS) is 24.1. The van der Waals surface area contributed by atoms with Crippen LogP contribution in [-0.2, 0) is 0 Å². The van der Waals surface area contributed by atoms with Gasteiger partial charge in [0, 0.05) is 11.9 Å². The fourth-order valence-corrected chi connectivity index (χ4v) is 4.07. The van der Waals surface area contributed by atoms with Crippen LogP contribution in [0.25, 0.3) is 16.5 Å². The van der Waals surface area contributed by atoms with Crippen molar-refractivity contribution in [1.82, 2.24) is 4.90 Å². The average Bonchev–Trinajstić information content (AvgIpc) is 3.10.